The Balaban J connectivity index is 1.90. The van der Waals surface area contributed by atoms with Gasteiger partial charge in [-0.3, -0.25) is 4.79 Å². The number of aliphatic imine (C=N–C) groups is 1. The molecule has 7 heteroatoms. The van der Waals surface area contributed by atoms with Crippen LogP contribution in [0, 0.1) is 6.92 Å². The summed E-state index contributed by atoms with van der Waals surface area (Å²) in [6.45, 7) is 1.98. The first-order valence-electron chi connectivity index (χ1n) is 7.78. The molecule has 0 atom stereocenters. The highest BCUT2D eigenvalue weighted by atomic mass is 35.5. The van der Waals surface area contributed by atoms with Crippen molar-refractivity contribution in [1.82, 2.24) is 5.32 Å². The standard InChI is InChI=1S/C19H17ClN2O3S/c1-11-6-4-5-7-14(11)21-19-22-18(23)16(26-19)10-12-8-13(20)17(25-3)15(9-12)24-2/h4-10H,1-3H3,(H,21,22,23)/b16-10-. The number of nitrogens with zero attached hydrogens (tertiary/aromatic N) is 1. The van der Waals surface area contributed by atoms with Crippen molar-refractivity contribution >= 4 is 46.2 Å². The van der Waals surface area contributed by atoms with Crippen LogP contribution in [0.2, 0.25) is 5.02 Å². The van der Waals surface area contributed by atoms with E-state index >= 15 is 0 Å². The van der Waals surface area contributed by atoms with Crippen LogP contribution in [0.25, 0.3) is 6.08 Å². The summed E-state index contributed by atoms with van der Waals surface area (Å²) in [7, 11) is 3.06. The molecule has 0 unspecified atom stereocenters. The number of amides is 1. The summed E-state index contributed by atoms with van der Waals surface area (Å²) in [5, 5.41) is 3.74. The summed E-state index contributed by atoms with van der Waals surface area (Å²) in [5.41, 5.74) is 2.60. The molecule has 0 aliphatic carbocycles. The number of carbonyl (C=O) groups is 1. The highest BCUT2D eigenvalue weighted by molar-refractivity contribution is 8.18. The van der Waals surface area contributed by atoms with Crippen molar-refractivity contribution in [2.24, 2.45) is 4.99 Å². The Bertz CT molecular complexity index is 925. The van der Waals surface area contributed by atoms with Gasteiger partial charge in [0.2, 0.25) is 0 Å². The SMILES string of the molecule is COc1cc(/C=C2\SC(=Nc3ccccc3C)NC2=O)cc(Cl)c1OC. The summed E-state index contributed by atoms with van der Waals surface area (Å²) >= 11 is 7.51. The minimum absolute atomic E-state index is 0.201. The molecule has 0 aromatic heterocycles. The first-order valence-corrected chi connectivity index (χ1v) is 8.98. The molecule has 1 fully saturated rings. The summed E-state index contributed by atoms with van der Waals surface area (Å²) in [6, 6.07) is 11.2. The summed E-state index contributed by atoms with van der Waals surface area (Å²) in [6.07, 6.45) is 1.74. The molecule has 134 valence electrons. The third-order valence-corrected chi connectivity index (χ3v) is 4.93. The number of amidine groups is 1. The third-order valence-electron chi connectivity index (χ3n) is 3.74. The smallest absolute Gasteiger partial charge is 0.264 e. The molecule has 1 heterocycles. The van der Waals surface area contributed by atoms with Crippen molar-refractivity contribution in [2.45, 2.75) is 6.92 Å². The van der Waals surface area contributed by atoms with E-state index in [9.17, 15) is 4.79 Å². The van der Waals surface area contributed by atoms with Gasteiger partial charge in [0.25, 0.3) is 5.91 Å². The second-order valence-electron chi connectivity index (χ2n) is 5.51. The van der Waals surface area contributed by atoms with E-state index in [0.29, 0.717) is 26.6 Å². The summed E-state index contributed by atoms with van der Waals surface area (Å²) in [4.78, 5) is 17.3. The van der Waals surface area contributed by atoms with Gasteiger partial charge in [0.1, 0.15) is 0 Å². The van der Waals surface area contributed by atoms with E-state index in [2.05, 4.69) is 10.3 Å². The van der Waals surface area contributed by atoms with Crippen LogP contribution in [0.3, 0.4) is 0 Å². The molecule has 1 aliphatic rings. The van der Waals surface area contributed by atoms with Crippen LogP contribution in [0.1, 0.15) is 11.1 Å². The highest BCUT2D eigenvalue weighted by Gasteiger charge is 2.24. The van der Waals surface area contributed by atoms with E-state index in [1.165, 1.54) is 26.0 Å². The van der Waals surface area contributed by atoms with E-state index in [0.717, 1.165) is 16.8 Å². The molecule has 26 heavy (non-hydrogen) atoms. The molecule has 3 rings (SSSR count). The van der Waals surface area contributed by atoms with Gasteiger partial charge in [0.15, 0.2) is 16.7 Å². The van der Waals surface area contributed by atoms with Crippen LogP contribution >= 0.6 is 23.4 Å². The molecular weight excluding hydrogens is 372 g/mol. The number of ether oxygens (including phenoxy) is 2. The monoisotopic (exact) mass is 388 g/mol. The van der Waals surface area contributed by atoms with E-state index in [1.807, 2.05) is 31.2 Å². The number of hydrogen-bond donors (Lipinski definition) is 1. The first-order chi connectivity index (χ1) is 12.5. The number of nitrogens with one attached hydrogen (secondary N) is 1. The van der Waals surface area contributed by atoms with Crippen LogP contribution in [-0.2, 0) is 4.79 Å². The van der Waals surface area contributed by atoms with Crippen molar-refractivity contribution in [2.75, 3.05) is 14.2 Å². The maximum atomic E-state index is 12.3. The van der Waals surface area contributed by atoms with Gasteiger partial charge in [0.05, 0.1) is 29.8 Å². The number of methoxy groups -OCH3 is 2. The molecule has 1 saturated heterocycles. The molecule has 0 saturated carbocycles. The van der Waals surface area contributed by atoms with Crippen molar-refractivity contribution in [3.63, 3.8) is 0 Å². The van der Waals surface area contributed by atoms with Crippen LogP contribution in [-0.4, -0.2) is 25.3 Å². The number of carbonyl (C=O) groups excluding carboxylic acids is 1. The molecule has 0 spiro atoms. The zero-order valence-electron chi connectivity index (χ0n) is 14.5. The van der Waals surface area contributed by atoms with Crippen LogP contribution in [0.5, 0.6) is 11.5 Å². The van der Waals surface area contributed by atoms with E-state index in [4.69, 9.17) is 21.1 Å². The summed E-state index contributed by atoms with van der Waals surface area (Å²) < 4.78 is 10.5. The topological polar surface area (TPSA) is 59.9 Å². The average Bonchev–Trinajstić information content (AvgIpc) is 2.95. The molecule has 2 aromatic carbocycles. The Kier molecular flexibility index (Phi) is 5.54. The second kappa shape index (κ2) is 7.85. The quantitative estimate of drug-likeness (QED) is 0.780. The number of hydrogen-bond acceptors (Lipinski definition) is 5. The Hall–Kier alpha value is -2.44. The van der Waals surface area contributed by atoms with Crippen LogP contribution in [0.4, 0.5) is 5.69 Å². The predicted molar refractivity (Wildman–Crippen MR) is 107 cm³/mol. The number of rotatable bonds is 4. The molecule has 1 aliphatic heterocycles. The molecule has 1 amide bonds. The predicted octanol–water partition coefficient (Wildman–Crippen LogP) is 4.56. The number of thioether (sulfide) groups is 1. The van der Waals surface area contributed by atoms with E-state index in [1.54, 1.807) is 18.2 Å². The lowest BCUT2D eigenvalue weighted by atomic mass is 10.2. The van der Waals surface area contributed by atoms with Crippen molar-refractivity contribution in [1.29, 1.82) is 0 Å². The van der Waals surface area contributed by atoms with Gasteiger partial charge in [-0.15, -0.1) is 0 Å². The maximum absolute atomic E-state index is 12.3. The maximum Gasteiger partial charge on any atom is 0.264 e. The minimum atomic E-state index is -0.201. The lowest BCUT2D eigenvalue weighted by Gasteiger charge is -2.10. The first kappa shape index (κ1) is 18.4. The van der Waals surface area contributed by atoms with Crippen molar-refractivity contribution in [3.05, 3.63) is 57.5 Å². The van der Waals surface area contributed by atoms with Crippen molar-refractivity contribution < 1.29 is 14.3 Å². The lowest BCUT2D eigenvalue weighted by molar-refractivity contribution is -0.115. The molecule has 0 radical (unpaired) electrons. The fraction of sp³-hybridized carbons (Fsp3) is 0.158. The van der Waals surface area contributed by atoms with E-state index in [-0.39, 0.29) is 5.91 Å². The van der Waals surface area contributed by atoms with Crippen LogP contribution in [0.15, 0.2) is 46.3 Å². The molecular formula is C19H17ClN2O3S. The fourth-order valence-corrected chi connectivity index (χ4v) is 3.58. The van der Waals surface area contributed by atoms with Gasteiger partial charge in [-0.25, -0.2) is 4.99 Å². The largest absolute Gasteiger partial charge is 0.493 e. The Morgan fingerprint density at radius 1 is 1.19 bits per heavy atom. The minimum Gasteiger partial charge on any atom is -0.493 e. The van der Waals surface area contributed by atoms with E-state index < -0.39 is 0 Å². The van der Waals surface area contributed by atoms with Crippen molar-refractivity contribution in [3.8, 4) is 11.5 Å². The fourth-order valence-electron chi connectivity index (χ4n) is 2.45. The number of aryl methyl sites for hydroxylation is 1. The molecule has 5 nitrogen and oxygen atoms in total. The molecule has 1 N–H and O–H groups in total. The van der Waals surface area contributed by atoms with Gasteiger partial charge >= 0.3 is 0 Å². The summed E-state index contributed by atoms with van der Waals surface area (Å²) in [5.74, 6) is 0.763. The average molecular weight is 389 g/mol. The van der Waals surface area contributed by atoms with Gasteiger partial charge < -0.3 is 14.8 Å². The van der Waals surface area contributed by atoms with Gasteiger partial charge in [-0.2, -0.15) is 0 Å². The number of halogens is 1. The molecule has 0 bridgehead atoms. The Morgan fingerprint density at radius 3 is 2.65 bits per heavy atom. The van der Waals surface area contributed by atoms with Crippen LogP contribution < -0.4 is 14.8 Å². The normalized spacial score (nSPS) is 16.8. The molecule has 2 aromatic rings. The van der Waals surface area contributed by atoms with Gasteiger partial charge in [-0.05, 0) is 54.1 Å². The second-order valence-corrected chi connectivity index (χ2v) is 6.94. The number of benzene rings is 2. The lowest BCUT2D eigenvalue weighted by Crippen LogP contribution is -2.19. The van der Waals surface area contributed by atoms with Gasteiger partial charge in [-0.1, -0.05) is 29.8 Å². The zero-order chi connectivity index (χ0) is 18.7. The Morgan fingerprint density at radius 2 is 1.96 bits per heavy atom. The van der Waals surface area contributed by atoms with Gasteiger partial charge in [0, 0.05) is 0 Å². The zero-order valence-corrected chi connectivity index (χ0v) is 16.1. The Labute approximate surface area is 161 Å². The number of para-hydroxylation sites is 1. The highest BCUT2D eigenvalue weighted by Crippen LogP contribution is 2.37. The third kappa shape index (κ3) is 3.86.